The minimum atomic E-state index is 0.837. The van der Waals surface area contributed by atoms with E-state index in [4.69, 9.17) is 0 Å². The van der Waals surface area contributed by atoms with Gasteiger partial charge in [0.25, 0.3) is 0 Å². The van der Waals surface area contributed by atoms with E-state index in [0.717, 1.165) is 25.3 Å². The topological polar surface area (TPSA) is 36.3 Å². The summed E-state index contributed by atoms with van der Waals surface area (Å²) in [5.41, 5.74) is 5.15. The molecule has 2 heterocycles. The molecule has 25 heavy (non-hydrogen) atoms. The summed E-state index contributed by atoms with van der Waals surface area (Å²) in [5.74, 6) is 1.17. The van der Waals surface area contributed by atoms with E-state index in [2.05, 4.69) is 65.5 Å². The molecule has 3 rings (SSSR count). The van der Waals surface area contributed by atoms with Gasteiger partial charge in [-0.25, -0.2) is 0 Å². The van der Waals surface area contributed by atoms with Crippen molar-refractivity contribution in [2.45, 2.75) is 39.4 Å². The van der Waals surface area contributed by atoms with Gasteiger partial charge >= 0.3 is 0 Å². The highest BCUT2D eigenvalue weighted by Crippen LogP contribution is 2.21. The van der Waals surface area contributed by atoms with Crippen LogP contribution in [0.25, 0.3) is 0 Å². The Hall–Kier alpha value is -1.85. The van der Waals surface area contributed by atoms with E-state index in [-0.39, 0.29) is 0 Å². The van der Waals surface area contributed by atoms with E-state index in [1.807, 2.05) is 11.7 Å². The summed E-state index contributed by atoms with van der Waals surface area (Å²) >= 11 is 0. The van der Waals surface area contributed by atoms with Gasteiger partial charge in [0.05, 0.1) is 5.69 Å². The lowest BCUT2D eigenvalue weighted by Crippen LogP contribution is -2.19. The molecule has 1 aromatic heterocycles. The highest BCUT2D eigenvalue weighted by atomic mass is 15.4. The third-order valence-electron chi connectivity index (χ3n) is 4.96. The van der Waals surface area contributed by atoms with E-state index in [1.165, 1.54) is 48.4 Å². The molecule has 0 aliphatic carbocycles. The van der Waals surface area contributed by atoms with Gasteiger partial charge in [-0.3, -0.25) is 9.58 Å². The Morgan fingerprint density at radius 1 is 1.12 bits per heavy atom. The highest BCUT2D eigenvalue weighted by molar-refractivity contribution is 5.48. The summed E-state index contributed by atoms with van der Waals surface area (Å²) < 4.78 is 1.96. The van der Waals surface area contributed by atoms with Gasteiger partial charge in [-0.05, 0) is 44.0 Å². The zero-order valence-corrected chi connectivity index (χ0v) is 16.0. The van der Waals surface area contributed by atoms with Crippen LogP contribution >= 0.6 is 0 Å². The maximum Gasteiger partial charge on any atom is 0.130 e. The first kappa shape index (κ1) is 18.0. The molecule has 5 heteroatoms. The molecule has 136 valence electrons. The lowest BCUT2D eigenvalue weighted by atomic mass is 10.1. The molecule has 1 aliphatic heterocycles. The molecule has 2 aromatic rings. The van der Waals surface area contributed by atoms with E-state index in [9.17, 15) is 0 Å². The lowest BCUT2D eigenvalue weighted by Gasteiger charge is -2.16. The standard InChI is InChI=1S/C20H31N5/c1-16-19(20(23(2)3)24(4)22-16)14-21-13-17-8-7-9-18(12-17)15-25-10-5-6-11-25/h7-9,12,21H,5-6,10-11,13-15H2,1-4H3. The molecular formula is C20H31N5. The molecule has 5 nitrogen and oxygen atoms in total. The summed E-state index contributed by atoms with van der Waals surface area (Å²) in [6.07, 6.45) is 2.69. The number of aromatic nitrogens is 2. The van der Waals surface area contributed by atoms with Crippen molar-refractivity contribution in [1.82, 2.24) is 20.0 Å². The largest absolute Gasteiger partial charge is 0.363 e. The fraction of sp³-hybridized carbons (Fsp3) is 0.550. The minimum Gasteiger partial charge on any atom is -0.363 e. The van der Waals surface area contributed by atoms with E-state index in [1.54, 1.807) is 0 Å². The van der Waals surface area contributed by atoms with Gasteiger partial charge in [-0.15, -0.1) is 0 Å². The number of likely N-dealkylation sites (tertiary alicyclic amines) is 1. The maximum atomic E-state index is 4.56. The van der Waals surface area contributed by atoms with Crippen molar-refractivity contribution >= 4 is 5.82 Å². The monoisotopic (exact) mass is 341 g/mol. The SMILES string of the molecule is Cc1nn(C)c(N(C)C)c1CNCc1cccc(CN2CCCC2)c1. The van der Waals surface area contributed by atoms with Gasteiger partial charge in [0, 0.05) is 46.3 Å². The third-order valence-corrected chi connectivity index (χ3v) is 4.96. The van der Waals surface area contributed by atoms with Gasteiger partial charge in [-0.1, -0.05) is 24.3 Å². The second-order valence-corrected chi connectivity index (χ2v) is 7.31. The number of nitrogens with zero attached hydrogens (tertiary/aromatic N) is 4. The van der Waals surface area contributed by atoms with Gasteiger partial charge < -0.3 is 10.2 Å². The van der Waals surface area contributed by atoms with Crippen LogP contribution in [-0.4, -0.2) is 41.9 Å². The molecule has 1 aromatic carbocycles. The van der Waals surface area contributed by atoms with Crippen molar-refractivity contribution in [3.8, 4) is 0 Å². The van der Waals surface area contributed by atoms with Crippen LogP contribution in [0.5, 0.6) is 0 Å². The molecular weight excluding hydrogens is 310 g/mol. The first-order valence-corrected chi connectivity index (χ1v) is 9.25. The van der Waals surface area contributed by atoms with Crippen molar-refractivity contribution in [3.63, 3.8) is 0 Å². The molecule has 0 atom stereocenters. The minimum absolute atomic E-state index is 0.837. The number of anilines is 1. The van der Waals surface area contributed by atoms with Crippen molar-refractivity contribution in [2.75, 3.05) is 32.1 Å². The molecule has 0 saturated carbocycles. The molecule has 1 aliphatic rings. The van der Waals surface area contributed by atoms with Crippen LogP contribution in [-0.2, 0) is 26.7 Å². The van der Waals surface area contributed by atoms with Gasteiger partial charge in [0.1, 0.15) is 5.82 Å². The average Bonchev–Trinajstić information content (AvgIpc) is 3.16. The van der Waals surface area contributed by atoms with E-state index in [0.29, 0.717) is 0 Å². The molecule has 0 radical (unpaired) electrons. The first-order chi connectivity index (χ1) is 12.0. The molecule has 0 unspecified atom stereocenters. The van der Waals surface area contributed by atoms with E-state index >= 15 is 0 Å². The first-order valence-electron chi connectivity index (χ1n) is 9.25. The smallest absolute Gasteiger partial charge is 0.130 e. The molecule has 1 saturated heterocycles. The number of aryl methyl sites for hydroxylation is 2. The normalized spacial score (nSPS) is 15.0. The highest BCUT2D eigenvalue weighted by Gasteiger charge is 2.14. The number of hydrogen-bond acceptors (Lipinski definition) is 4. The van der Waals surface area contributed by atoms with Crippen LogP contribution < -0.4 is 10.2 Å². The Labute approximate surface area is 151 Å². The second kappa shape index (κ2) is 8.02. The zero-order valence-electron chi connectivity index (χ0n) is 16.0. The van der Waals surface area contributed by atoms with Crippen molar-refractivity contribution in [3.05, 3.63) is 46.6 Å². The number of rotatable bonds is 7. The zero-order chi connectivity index (χ0) is 17.8. The summed E-state index contributed by atoms with van der Waals surface area (Å²) in [6.45, 7) is 7.38. The van der Waals surface area contributed by atoms with Gasteiger partial charge in [0.15, 0.2) is 0 Å². The molecule has 0 amide bonds. The van der Waals surface area contributed by atoms with Crippen molar-refractivity contribution in [1.29, 1.82) is 0 Å². The second-order valence-electron chi connectivity index (χ2n) is 7.31. The van der Waals surface area contributed by atoms with Crippen LogP contribution in [0.1, 0.15) is 35.2 Å². The van der Waals surface area contributed by atoms with Gasteiger partial charge in [-0.2, -0.15) is 5.10 Å². The molecule has 1 fully saturated rings. The number of benzene rings is 1. The summed E-state index contributed by atoms with van der Waals surface area (Å²) in [4.78, 5) is 4.68. The summed E-state index contributed by atoms with van der Waals surface area (Å²) in [7, 11) is 6.15. The fourth-order valence-corrected chi connectivity index (χ4v) is 3.82. The Balaban J connectivity index is 1.59. The van der Waals surface area contributed by atoms with Crippen molar-refractivity contribution < 1.29 is 0 Å². The Morgan fingerprint density at radius 3 is 2.56 bits per heavy atom. The predicted octanol–water partition coefficient (Wildman–Crippen LogP) is 2.68. The number of hydrogen-bond donors (Lipinski definition) is 1. The predicted molar refractivity (Wildman–Crippen MR) is 104 cm³/mol. The van der Waals surface area contributed by atoms with Crippen LogP contribution in [0, 0.1) is 6.92 Å². The lowest BCUT2D eigenvalue weighted by molar-refractivity contribution is 0.331. The Morgan fingerprint density at radius 2 is 1.84 bits per heavy atom. The molecule has 1 N–H and O–H groups in total. The van der Waals surface area contributed by atoms with Crippen molar-refractivity contribution in [2.24, 2.45) is 7.05 Å². The summed E-state index contributed by atoms with van der Waals surface area (Å²) in [6, 6.07) is 8.98. The quantitative estimate of drug-likeness (QED) is 0.840. The number of nitrogens with one attached hydrogen (secondary N) is 1. The van der Waals surface area contributed by atoms with Crippen LogP contribution in [0.2, 0.25) is 0 Å². The molecule has 0 bridgehead atoms. The van der Waals surface area contributed by atoms with Gasteiger partial charge in [0.2, 0.25) is 0 Å². The Kier molecular flexibility index (Phi) is 5.76. The third kappa shape index (κ3) is 4.41. The average molecular weight is 342 g/mol. The van der Waals surface area contributed by atoms with Crippen LogP contribution in [0.3, 0.4) is 0 Å². The fourth-order valence-electron chi connectivity index (χ4n) is 3.82. The Bertz CT molecular complexity index is 698. The van der Waals surface area contributed by atoms with Crippen LogP contribution in [0.15, 0.2) is 24.3 Å². The molecule has 0 spiro atoms. The maximum absolute atomic E-state index is 4.56. The summed E-state index contributed by atoms with van der Waals surface area (Å²) in [5, 5.41) is 8.15. The van der Waals surface area contributed by atoms with E-state index < -0.39 is 0 Å². The van der Waals surface area contributed by atoms with Crippen LogP contribution in [0.4, 0.5) is 5.82 Å².